The van der Waals surface area contributed by atoms with Crippen molar-refractivity contribution < 1.29 is 9.90 Å². The highest BCUT2D eigenvalue weighted by atomic mass is 16.3. The van der Waals surface area contributed by atoms with E-state index >= 15 is 0 Å². The second kappa shape index (κ2) is 6.24. The van der Waals surface area contributed by atoms with E-state index in [1.54, 1.807) is 18.2 Å². The lowest BCUT2D eigenvalue weighted by molar-refractivity contribution is -0.116. The number of phenolic OH excluding ortho intramolecular Hbond substituents is 1. The average molecular weight is 269 g/mol. The smallest absolute Gasteiger partial charge is 0.224 e. The topological polar surface area (TPSA) is 49.3 Å². The zero-order valence-corrected chi connectivity index (χ0v) is 11.8. The molecular formula is C17H19NO2. The van der Waals surface area contributed by atoms with Crippen LogP contribution in [0.25, 0.3) is 0 Å². The van der Waals surface area contributed by atoms with Gasteiger partial charge in [0.05, 0.1) is 0 Å². The fourth-order valence-corrected chi connectivity index (χ4v) is 2.04. The molecule has 2 N–H and O–H groups in total. The van der Waals surface area contributed by atoms with E-state index in [0.29, 0.717) is 18.5 Å². The van der Waals surface area contributed by atoms with Crippen LogP contribution in [0, 0.1) is 13.8 Å². The number of hydrogen-bond acceptors (Lipinski definition) is 2. The molecule has 0 radical (unpaired) electrons. The summed E-state index contributed by atoms with van der Waals surface area (Å²) >= 11 is 0. The summed E-state index contributed by atoms with van der Waals surface area (Å²) < 4.78 is 0. The van der Waals surface area contributed by atoms with Gasteiger partial charge in [0.1, 0.15) is 5.75 Å². The van der Waals surface area contributed by atoms with E-state index in [1.807, 2.05) is 32.0 Å². The van der Waals surface area contributed by atoms with Gasteiger partial charge in [0.25, 0.3) is 0 Å². The summed E-state index contributed by atoms with van der Waals surface area (Å²) in [6.45, 7) is 3.86. The second-order valence-electron chi connectivity index (χ2n) is 5.04. The molecule has 1 amide bonds. The minimum Gasteiger partial charge on any atom is -0.508 e. The van der Waals surface area contributed by atoms with Gasteiger partial charge in [-0.15, -0.1) is 0 Å². The van der Waals surface area contributed by atoms with E-state index in [1.165, 1.54) is 5.56 Å². The Bertz CT molecular complexity index is 620. The van der Waals surface area contributed by atoms with Crippen molar-refractivity contribution >= 4 is 11.6 Å². The Labute approximate surface area is 119 Å². The molecule has 0 aromatic heterocycles. The van der Waals surface area contributed by atoms with Crippen LogP contribution in [0.4, 0.5) is 5.69 Å². The third-order valence-electron chi connectivity index (χ3n) is 3.22. The van der Waals surface area contributed by atoms with Crippen molar-refractivity contribution in [3.8, 4) is 5.75 Å². The summed E-state index contributed by atoms with van der Waals surface area (Å²) in [6.07, 6.45) is 1.14. The van der Waals surface area contributed by atoms with Gasteiger partial charge in [0, 0.05) is 18.2 Å². The molecule has 0 fully saturated rings. The van der Waals surface area contributed by atoms with E-state index in [9.17, 15) is 9.90 Å². The average Bonchev–Trinajstić information content (AvgIpc) is 2.41. The number of benzene rings is 2. The summed E-state index contributed by atoms with van der Waals surface area (Å²) in [5.74, 6) is 0.149. The number of aromatic hydroxyl groups is 1. The molecule has 3 heteroatoms. The van der Waals surface area contributed by atoms with Crippen LogP contribution >= 0.6 is 0 Å². The van der Waals surface area contributed by atoms with Crippen LogP contribution in [0.1, 0.15) is 23.1 Å². The molecule has 0 heterocycles. The quantitative estimate of drug-likeness (QED) is 0.891. The molecule has 0 saturated carbocycles. The standard InChI is InChI=1S/C17H19NO2/c1-12-4-3-5-14(10-12)7-9-17(20)18-15-8-6-13(2)16(19)11-15/h3-6,8,10-11,19H,7,9H2,1-2H3,(H,18,20). The van der Waals surface area contributed by atoms with Crippen molar-refractivity contribution in [1.29, 1.82) is 0 Å². The number of nitrogens with one attached hydrogen (secondary N) is 1. The summed E-state index contributed by atoms with van der Waals surface area (Å²) in [7, 11) is 0. The lowest BCUT2D eigenvalue weighted by Gasteiger charge is -2.07. The Morgan fingerprint density at radius 1 is 1.15 bits per heavy atom. The van der Waals surface area contributed by atoms with Crippen molar-refractivity contribution in [2.45, 2.75) is 26.7 Å². The van der Waals surface area contributed by atoms with E-state index in [0.717, 1.165) is 11.1 Å². The molecule has 2 aromatic rings. The number of hydrogen-bond donors (Lipinski definition) is 2. The van der Waals surface area contributed by atoms with E-state index in [4.69, 9.17) is 0 Å². The maximum Gasteiger partial charge on any atom is 0.224 e. The second-order valence-corrected chi connectivity index (χ2v) is 5.04. The predicted octanol–water partition coefficient (Wildman–Crippen LogP) is 3.58. The van der Waals surface area contributed by atoms with Crippen LogP contribution in [-0.2, 0) is 11.2 Å². The molecule has 0 spiro atoms. The molecule has 0 aliphatic rings. The highest BCUT2D eigenvalue weighted by molar-refractivity contribution is 5.91. The fourth-order valence-electron chi connectivity index (χ4n) is 2.04. The Hall–Kier alpha value is -2.29. The number of phenols is 1. The summed E-state index contributed by atoms with van der Waals surface area (Å²) in [5, 5.41) is 12.4. The summed E-state index contributed by atoms with van der Waals surface area (Å²) in [4.78, 5) is 11.9. The van der Waals surface area contributed by atoms with E-state index < -0.39 is 0 Å². The first-order valence-corrected chi connectivity index (χ1v) is 6.69. The van der Waals surface area contributed by atoms with Crippen molar-refractivity contribution in [2.24, 2.45) is 0 Å². The highest BCUT2D eigenvalue weighted by Crippen LogP contribution is 2.21. The molecule has 0 atom stereocenters. The van der Waals surface area contributed by atoms with Gasteiger partial charge in [-0.05, 0) is 37.5 Å². The molecule has 0 bridgehead atoms. The van der Waals surface area contributed by atoms with Gasteiger partial charge in [-0.3, -0.25) is 4.79 Å². The van der Waals surface area contributed by atoms with Crippen LogP contribution in [0.3, 0.4) is 0 Å². The van der Waals surface area contributed by atoms with Crippen LogP contribution in [0.15, 0.2) is 42.5 Å². The molecule has 3 nitrogen and oxygen atoms in total. The molecule has 20 heavy (non-hydrogen) atoms. The van der Waals surface area contributed by atoms with Crippen LogP contribution in [0.5, 0.6) is 5.75 Å². The molecule has 104 valence electrons. The van der Waals surface area contributed by atoms with Gasteiger partial charge < -0.3 is 10.4 Å². The minimum atomic E-state index is -0.0465. The monoisotopic (exact) mass is 269 g/mol. The van der Waals surface area contributed by atoms with Crippen molar-refractivity contribution in [3.63, 3.8) is 0 Å². The van der Waals surface area contributed by atoms with Crippen molar-refractivity contribution in [1.82, 2.24) is 0 Å². The first kappa shape index (κ1) is 14.1. The fraction of sp³-hybridized carbons (Fsp3) is 0.235. The minimum absolute atomic E-state index is 0.0465. The normalized spacial score (nSPS) is 10.3. The van der Waals surface area contributed by atoms with Gasteiger partial charge >= 0.3 is 0 Å². The zero-order valence-electron chi connectivity index (χ0n) is 11.8. The third kappa shape index (κ3) is 3.85. The lowest BCUT2D eigenvalue weighted by atomic mass is 10.1. The first-order valence-electron chi connectivity index (χ1n) is 6.69. The number of rotatable bonds is 4. The van der Waals surface area contributed by atoms with Gasteiger partial charge in [-0.25, -0.2) is 0 Å². The van der Waals surface area contributed by atoms with E-state index in [-0.39, 0.29) is 11.7 Å². The maximum atomic E-state index is 11.9. The zero-order chi connectivity index (χ0) is 14.5. The summed E-state index contributed by atoms with van der Waals surface area (Å²) in [5.41, 5.74) is 3.78. The Morgan fingerprint density at radius 2 is 1.95 bits per heavy atom. The Balaban J connectivity index is 1.91. The number of carbonyl (C=O) groups excluding carboxylic acids is 1. The molecule has 2 aromatic carbocycles. The number of carbonyl (C=O) groups is 1. The number of aryl methyl sites for hydroxylation is 3. The number of anilines is 1. The van der Waals surface area contributed by atoms with Gasteiger partial charge in [-0.1, -0.05) is 35.9 Å². The molecule has 0 aliphatic heterocycles. The van der Waals surface area contributed by atoms with Crippen LogP contribution < -0.4 is 5.32 Å². The van der Waals surface area contributed by atoms with Crippen LogP contribution in [0.2, 0.25) is 0 Å². The molecule has 0 saturated heterocycles. The SMILES string of the molecule is Cc1cccc(CCC(=O)Nc2ccc(C)c(O)c2)c1. The predicted molar refractivity (Wildman–Crippen MR) is 81.0 cm³/mol. The molecule has 0 aliphatic carbocycles. The molecule has 0 unspecified atom stereocenters. The third-order valence-corrected chi connectivity index (χ3v) is 3.22. The highest BCUT2D eigenvalue weighted by Gasteiger charge is 2.05. The Kier molecular flexibility index (Phi) is 4.41. The van der Waals surface area contributed by atoms with Crippen molar-refractivity contribution in [3.05, 3.63) is 59.2 Å². The molecular weight excluding hydrogens is 250 g/mol. The maximum absolute atomic E-state index is 11.9. The van der Waals surface area contributed by atoms with Crippen LogP contribution in [-0.4, -0.2) is 11.0 Å². The van der Waals surface area contributed by atoms with Gasteiger partial charge in [0.15, 0.2) is 0 Å². The van der Waals surface area contributed by atoms with Gasteiger partial charge in [-0.2, -0.15) is 0 Å². The Morgan fingerprint density at radius 3 is 2.65 bits per heavy atom. The molecule has 2 rings (SSSR count). The summed E-state index contributed by atoms with van der Waals surface area (Å²) in [6, 6.07) is 13.3. The van der Waals surface area contributed by atoms with E-state index in [2.05, 4.69) is 11.4 Å². The lowest BCUT2D eigenvalue weighted by Crippen LogP contribution is -2.12. The van der Waals surface area contributed by atoms with Gasteiger partial charge in [0.2, 0.25) is 5.91 Å². The largest absolute Gasteiger partial charge is 0.508 e. The van der Waals surface area contributed by atoms with Crippen molar-refractivity contribution in [2.75, 3.05) is 5.32 Å². The number of amides is 1. The first-order chi connectivity index (χ1) is 9.54.